The number of likely N-dealkylation sites (tertiary alicyclic amines) is 1. The molecule has 1 saturated carbocycles. The van der Waals surface area contributed by atoms with Crippen molar-refractivity contribution in [2.45, 2.75) is 111 Å². The van der Waals surface area contributed by atoms with Crippen LogP contribution in [-0.2, 0) is 48.6 Å². The molecule has 2 aromatic carbocycles. The zero-order valence-corrected chi connectivity index (χ0v) is 38.5. The maximum Gasteiger partial charge on any atom is 0.408 e. The summed E-state index contributed by atoms with van der Waals surface area (Å²) in [6.45, 7) is 5.57. The van der Waals surface area contributed by atoms with Crippen molar-refractivity contribution in [3.8, 4) is 0 Å². The van der Waals surface area contributed by atoms with Crippen molar-refractivity contribution in [2.24, 2.45) is 5.92 Å². The van der Waals surface area contributed by atoms with Crippen molar-refractivity contribution in [3.63, 3.8) is 0 Å². The van der Waals surface area contributed by atoms with Crippen LogP contribution in [0.1, 0.15) is 65.7 Å². The lowest BCUT2D eigenvalue weighted by molar-refractivity contribution is -0.152. The SMILES string of the molecule is COC(=O)[C@@H]1C[C@@H](NS(=O)(=O)c2cccc(Br)c2)CN1.COC(=O)[C@@H]1C[C@@H](NS(=O)(=O)c2cccc(Br)c2)CN1C(=O)[C@@H](NC(=O)OC(C)(C)C)C1CCCCC1.Cl. The highest BCUT2D eigenvalue weighted by Gasteiger charge is 2.46. The van der Waals surface area contributed by atoms with E-state index in [0.717, 1.165) is 32.1 Å². The van der Waals surface area contributed by atoms with Crippen LogP contribution in [0.15, 0.2) is 67.3 Å². The Labute approximate surface area is 363 Å². The maximum absolute atomic E-state index is 13.9. The number of nitrogens with zero attached hydrogens (tertiary/aromatic N) is 1. The van der Waals surface area contributed by atoms with Gasteiger partial charge in [-0.2, -0.15) is 0 Å². The summed E-state index contributed by atoms with van der Waals surface area (Å²) in [4.78, 5) is 52.1. The topological polar surface area (TPSA) is 216 Å². The molecule has 0 spiro atoms. The van der Waals surface area contributed by atoms with Gasteiger partial charge in [-0.15, -0.1) is 12.4 Å². The molecular formula is C37H52Br2ClN5O11S2. The highest BCUT2D eigenvalue weighted by Crippen LogP contribution is 2.30. The molecule has 1 aliphatic carbocycles. The number of methoxy groups -OCH3 is 2. The molecule has 3 aliphatic rings. The summed E-state index contributed by atoms with van der Waals surface area (Å²) in [6.07, 6.45) is 4.13. The van der Waals surface area contributed by atoms with Gasteiger partial charge in [-0.1, -0.05) is 63.3 Å². The van der Waals surface area contributed by atoms with Crippen molar-refractivity contribution in [1.29, 1.82) is 0 Å². The highest BCUT2D eigenvalue weighted by molar-refractivity contribution is 9.10. The summed E-state index contributed by atoms with van der Waals surface area (Å²) in [5.41, 5.74) is -0.748. The van der Waals surface area contributed by atoms with Gasteiger partial charge in [0.2, 0.25) is 26.0 Å². The van der Waals surface area contributed by atoms with E-state index in [1.54, 1.807) is 45.0 Å². The average molecular weight is 1000 g/mol. The normalized spacial score (nSPS) is 21.7. The van der Waals surface area contributed by atoms with E-state index in [1.165, 1.54) is 43.4 Å². The Hall–Kier alpha value is -2.85. The molecule has 2 aromatic rings. The fourth-order valence-corrected chi connectivity index (χ4v) is 10.7. The Morgan fingerprint density at radius 3 is 1.84 bits per heavy atom. The number of carbonyl (C=O) groups excluding carboxylic acids is 4. The standard InChI is InChI=1S/C25H36BrN3O7S.C12H15BrN2O4S.ClH/c1-25(2,3)36-24(32)27-21(16-9-6-5-7-10-16)22(30)29-15-18(14-20(29)23(31)35-4)28-37(33,34)19-12-8-11-17(26)13-19;1-19-12(16)11-6-9(7-14-11)15-20(17,18)10-4-2-3-8(13)5-10;/h8,11-13,16,18,20-21,28H,5-7,9-10,14-15H2,1-4H3,(H,27,32);2-5,9,11,14-15H,6-7H2,1H3;1H/t18-,20+,21+;9-,11+;/m11./s1. The summed E-state index contributed by atoms with van der Waals surface area (Å²) < 4.78 is 71.9. The first-order valence-corrected chi connectivity index (χ1v) is 23.0. The molecule has 2 heterocycles. The number of benzene rings is 2. The quantitative estimate of drug-likeness (QED) is 0.182. The van der Waals surface area contributed by atoms with E-state index in [0.29, 0.717) is 21.9 Å². The van der Waals surface area contributed by atoms with E-state index < -0.39 is 67.8 Å². The maximum atomic E-state index is 13.9. The summed E-state index contributed by atoms with van der Waals surface area (Å²) in [7, 11) is -4.97. The van der Waals surface area contributed by atoms with Crippen LogP contribution in [0.25, 0.3) is 0 Å². The lowest BCUT2D eigenvalue weighted by Gasteiger charge is -2.34. The van der Waals surface area contributed by atoms with E-state index in [9.17, 15) is 36.0 Å². The second-order valence-electron chi connectivity index (χ2n) is 15.1. The van der Waals surface area contributed by atoms with Gasteiger partial charge in [-0.3, -0.25) is 9.59 Å². The molecule has 2 saturated heterocycles. The number of hydrogen-bond donors (Lipinski definition) is 4. The number of halogens is 3. The lowest BCUT2D eigenvalue weighted by Crippen LogP contribution is -2.56. The molecule has 58 heavy (non-hydrogen) atoms. The van der Waals surface area contributed by atoms with Crippen molar-refractivity contribution >= 4 is 88.3 Å². The Kier molecular flexibility index (Phi) is 18.4. The molecule has 2 amide bonds. The molecular weight excluding hydrogens is 950 g/mol. The monoisotopic (exact) mass is 999 g/mol. The highest BCUT2D eigenvalue weighted by atomic mass is 79.9. The second kappa shape index (κ2) is 21.6. The number of alkyl carbamates (subject to hydrolysis) is 1. The van der Waals surface area contributed by atoms with Gasteiger partial charge in [-0.05, 0) is 88.8 Å². The van der Waals surface area contributed by atoms with E-state index >= 15 is 0 Å². The lowest BCUT2D eigenvalue weighted by atomic mass is 9.83. The average Bonchev–Trinajstić information content (AvgIpc) is 3.79. The van der Waals surface area contributed by atoms with E-state index in [4.69, 9.17) is 9.47 Å². The number of ether oxygens (including phenoxy) is 3. The van der Waals surface area contributed by atoms with Crippen LogP contribution in [0.3, 0.4) is 0 Å². The third kappa shape index (κ3) is 14.1. The van der Waals surface area contributed by atoms with Crippen LogP contribution < -0.4 is 20.1 Å². The molecule has 0 unspecified atom stereocenters. The van der Waals surface area contributed by atoms with Crippen LogP contribution in [0.5, 0.6) is 0 Å². The van der Waals surface area contributed by atoms with E-state index in [1.807, 2.05) is 0 Å². The predicted molar refractivity (Wildman–Crippen MR) is 224 cm³/mol. The fraction of sp³-hybridized carbons (Fsp3) is 0.568. The minimum atomic E-state index is -3.91. The first kappa shape index (κ1) is 49.5. The Morgan fingerprint density at radius 1 is 0.810 bits per heavy atom. The van der Waals surface area contributed by atoms with Gasteiger partial charge in [0.25, 0.3) is 0 Å². The number of rotatable bonds is 11. The Balaban J connectivity index is 0.000000361. The summed E-state index contributed by atoms with van der Waals surface area (Å²) in [6, 6.07) is 9.32. The van der Waals surface area contributed by atoms with Gasteiger partial charge >= 0.3 is 18.0 Å². The molecule has 0 radical (unpaired) electrons. The smallest absolute Gasteiger partial charge is 0.408 e. The molecule has 3 fully saturated rings. The molecule has 2 aliphatic heterocycles. The van der Waals surface area contributed by atoms with Gasteiger partial charge < -0.3 is 29.7 Å². The van der Waals surface area contributed by atoms with Crippen molar-refractivity contribution in [1.82, 2.24) is 25.0 Å². The van der Waals surface area contributed by atoms with Gasteiger partial charge in [0.15, 0.2) is 0 Å². The second-order valence-corrected chi connectivity index (χ2v) is 20.3. The summed E-state index contributed by atoms with van der Waals surface area (Å²) in [5.74, 6) is -1.59. The van der Waals surface area contributed by atoms with Crippen LogP contribution in [-0.4, -0.2) is 109 Å². The minimum Gasteiger partial charge on any atom is -0.468 e. The third-order valence-corrected chi connectivity index (χ3v) is 13.6. The van der Waals surface area contributed by atoms with Crippen LogP contribution >= 0.6 is 44.3 Å². The minimum absolute atomic E-state index is 0. The van der Waals surface area contributed by atoms with E-state index in [-0.39, 0.29) is 53.1 Å². The molecule has 21 heteroatoms. The van der Waals surface area contributed by atoms with Crippen LogP contribution in [0, 0.1) is 5.92 Å². The molecule has 324 valence electrons. The number of nitrogens with one attached hydrogen (secondary N) is 4. The molecule has 5 atom stereocenters. The van der Waals surface area contributed by atoms with Gasteiger partial charge in [0, 0.05) is 34.1 Å². The predicted octanol–water partition coefficient (Wildman–Crippen LogP) is 4.40. The summed E-state index contributed by atoms with van der Waals surface area (Å²) in [5, 5.41) is 5.68. The van der Waals surface area contributed by atoms with Crippen molar-refractivity contribution in [2.75, 3.05) is 27.3 Å². The first-order chi connectivity index (χ1) is 26.7. The van der Waals surface area contributed by atoms with Crippen molar-refractivity contribution < 1.29 is 50.2 Å². The molecule has 16 nitrogen and oxygen atoms in total. The Bertz CT molecular complexity index is 1980. The number of carbonyl (C=O) groups is 4. The van der Waals surface area contributed by atoms with Crippen LogP contribution in [0.4, 0.5) is 4.79 Å². The molecule has 0 aromatic heterocycles. The molecule has 0 bridgehead atoms. The van der Waals surface area contributed by atoms with Crippen LogP contribution in [0.2, 0.25) is 0 Å². The van der Waals surface area contributed by atoms with Gasteiger partial charge in [-0.25, -0.2) is 35.9 Å². The molecule has 5 rings (SSSR count). The number of hydrogen-bond acceptors (Lipinski definition) is 12. The molecule has 4 N–H and O–H groups in total. The zero-order chi connectivity index (χ0) is 42.1. The number of esters is 2. The first-order valence-electron chi connectivity index (χ1n) is 18.5. The van der Waals surface area contributed by atoms with E-state index in [2.05, 4.69) is 56.7 Å². The van der Waals surface area contributed by atoms with Crippen molar-refractivity contribution in [3.05, 3.63) is 57.5 Å². The number of amides is 2. The summed E-state index contributed by atoms with van der Waals surface area (Å²) >= 11 is 6.51. The zero-order valence-electron chi connectivity index (χ0n) is 32.9. The van der Waals surface area contributed by atoms with Gasteiger partial charge in [0.1, 0.15) is 23.7 Å². The Morgan fingerprint density at radius 2 is 1.34 bits per heavy atom. The fourth-order valence-electron chi connectivity index (χ4n) is 6.98. The third-order valence-electron chi connectivity index (χ3n) is 9.59. The largest absolute Gasteiger partial charge is 0.468 e. The number of sulfonamides is 2. The van der Waals surface area contributed by atoms with Gasteiger partial charge in [0.05, 0.1) is 24.0 Å².